The summed E-state index contributed by atoms with van der Waals surface area (Å²) in [5.74, 6) is -0.245. The second kappa shape index (κ2) is 6.14. The molecule has 0 aliphatic carbocycles. The molecular weight excluding hydrogens is 226 g/mol. The minimum atomic E-state index is -0.548. The van der Waals surface area contributed by atoms with Gasteiger partial charge in [-0.05, 0) is 0 Å². The van der Waals surface area contributed by atoms with E-state index in [0.29, 0.717) is 0 Å². The number of hydrogen-bond donors (Lipinski definition) is 1. The Bertz CT molecular complexity index is 172. The summed E-state index contributed by atoms with van der Waals surface area (Å²) in [6.45, 7) is 1.63. The van der Waals surface area contributed by atoms with E-state index >= 15 is 0 Å². The largest absolute Gasteiger partial charge is 0.372 e. The molecule has 0 bridgehead atoms. The molecule has 0 heterocycles. The van der Waals surface area contributed by atoms with Crippen LogP contribution in [0, 0.1) is 0 Å². The molecule has 0 spiro atoms. The summed E-state index contributed by atoms with van der Waals surface area (Å²) in [6.07, 6.45) is -0.548. The van der Waals surface area contributed by atoms with Gasteiger partial charge in [0, 0.05) is 14.0 Å². The van der Waals surface area contributed by atoms with E-state index in [1.165, 1.54) is 14.0 Å². The smallest absolute Gasteiger partial charge is 0.216 e. The van der Waals surface area contributed by atoms with Gasteiger partial charge >= 0.3 is 0 Å². The number of rotatable bonds is 5. The summed E-state index contributed by atoms with van der Waals surface area (Å²) in [5.41, 5.74) is 0. The number of halogens is 1. The predicted octanol–water partition coefficient (Wildman–Crippen LogP) is 0.102. The molecule has 1 atom stereocenters. The molecule has 70 valence electrons. The maximum absolute atomic E-state index is 11.0. The highest BCUT2D eigenvalue weighted by Gasteiger charge is 2.15. The highest BCUT2D eigenvalue weighted by Crippen LogP contribution is 1.94. The van der Waals surface area contributed by atoms with Gasteiger partial charge in [-0.2, -0.15) is 0 Å². The minimum absolute atomic E-state index is 0.0775. The third-order valence-corrected chi connectivity index (χ3v) is 1.86. The van der Waals surface area contributed by atoms with Crippen molar-refractivity contribution < 1.29 is 14.3 Å². The lowest BCUT2D eigenvalue weighted by molar-refractivity contribution is -0.126. The van der Waals surface area contributed by atoms with Crippen LogP contribution in [0.5, 0.6) is 0 Å². The van der Waals surface area contributed by atoms with E-state index < -0.39 is 6.10 Å². The van der Waals surface area contributed by atoms with Gasteiger partial charge in [0.2, 0.25) is 5.91 Å². The number of carbonyl (C=O) groups excluding carboxylic acids is 2. The fourth-order valence-electron chi connectivity index (χ4n) is 0.651. The number of hydrogen-bond acceptors (Lipinski definition) is 3. The van der Waals surface area contributed by atoms with Gasteiger partial charge in [0.1, 0.15) is 6.10 Å². The van der Waals surface area contributed by atoms with Crippen molar-refractivity contribution in [1.29, 1.82) is 0 Å². The zero-order chi connectivity index (χ0) is 9.56. The highest BCUT2D eigenvalue weighted by atomic mass is 79.9. The van der Waals surface area contributed by atoms with Crippen LogP contribution in [0.3, 0.4) is 0 Å². The monoisotopic (exact) mass is 237 g/mol. The Labute approximate surface area is 79.8 Å². The Kier molecular flexibility index (Phi) is 5.92. The Morgan fingerprint density at radius 2 is 2.17 bits per heavy atom. The van der Waals surface area contributed by atoms with E-state index in [1.807, 2.05) is 0 Å². The van der Waals surface area contributed by atoms with Crippen molar-refractivity contribution in [3.63, 3.8) is 0 Å². The van der Waals surface area contributed by atoms with Crippen molar-refractivity contribution >= 4 is 27.6 Å². The Balaban J connectivity index is 3.83. The van der Waals surface area contributed by atoms with Crippen LogP contribution in [-0.4, -0.2) is 36.8 Å². The van der Waals surface area contributed by atoms with Crippen molar-refractivity contribution in [2.24, 2.45) is 0 Å². The molecule has 0 aromatic carbocycles. The fourth-order valence-corrected chi connectivity index (χ4v) is 1.01. The lowest BCUT2D eigenvalue weighted by atomic mass is 10.2. The summed E-state index contributed by atoms with van der Waals surface area (Å²) in [6, 6.07) is 0. The van der Waals surface area contributed by atoms with Gasteiger partial charge in [-0.3, -0.25) is 9.59 Å². The third kappa shape index (κ3) is 4.46. The molecule has 0 fully saturated rings. The van der Waals surface area contributed by atoms with Crippen molar-refractivity contribution in [3.05, 3.63) is 0 Å². The van der Waals surface area contributed by atoms with Gasteiger partial charge in [0.25, 0.3) is 0 Å². The molecule has 0 aliphatic heterocycles. The second-order valence-electron chi connectivity index (χ2n) is 2.26. The number of Topliss-reactive ketones (excluding diaryl/α,β-unsaturated/α-hetero) is 1. The van der Waals surface area contributed by atoms with Crippen molar-refractivity contribution in [2.45, 2.75) is 13.0 Å². The molecule has 5 heteroatoms. The quantitative estimate of drug-likeness (QED) is 0.691. The summed E-state index contributed by atoms with van der Waals surface area (Å²) in [5, 5.41) is 2.75. The Morgan fingerprint density at radius 1 is 1.58 bits per heavy atom. The average Bonchev–Trinajstić information content (AvgIpc) is 2.04. The molecule has 12 heavy (non-hydrogen) atoms. The topological polar surface area (TPSA) is 55.4 Å². The maximum Gasteiger partial charge on any atom is 0.216 e. The predicted molar refractivity (Wildman–Crippen MR) is 48.3 cm³/mol. The minimum Gasteiger partial charge on any atom is -0.372 e. The van der Waals surface area contributed by atoms with E-state index in [0.717, 1.165) is 0 Å². The van der Waals surface area contributed by atoms with Gasteiger partial charge in [0.15, 0.2) is 5.78 Å². The van der Waals surface area contributed by atoms with Crippen LogP contribution < -0.4 is 5.32 Å². The van der Waals surface area contributed by atoms with Crippen molar-refractivity contribution in [2.75, 3.05) is 19.0 Å². The molecule has 1 amide bonds. The van der Waals surface area contributed by atoms with Crippen molar-refractivity contribution in [3.8, 4) is 0 Å². The summed E-state index contributed by atoms with van der Waals surface area (Å²) in [7, 11) is 1.44. The summed E-state index contributed by atoms with van der Waals surface area (Å²) >= 11 is 3.02. The first-order valence-corrected chi connectivity index (χ1v) is 4.59. The molecule has 0 aliphatic rings. The molecule has 0 saturated heterocycles. The normalized spacial score (nSPS) is 12.2. The highest BCUT2D eigenvalue weighted by molar-refractivity contribution is 9.09. The second-order valence-corrected chi connectivity index (χ2v) is 2.82. The first-order chi connectivity index (χ1) is 5.61. The van der Waals surface area contributed by atoms with Crippen LogP contribution in [0.15, 0.2) is 0 Å². The van der Waals surface area contributed by atoms with Gasteiger partial charge < -0.3 is 10.1 Å². The lowest BCUT2D eigenvalue weighted by Gasteiger charge is -2.12. The van der Waals surface area contributed by atoms with Crippen molar-refractivity contribution in [1.82, 2.24) is 5.32 Å². The maximum atomic E-state index is 11.0. The van der Waals surface area contributed by atoms with E-state index in [-0.39, 0.29) is 23.6 Å². The summed E-state index contributed by atoms with van der Waals surface area (Å²) in [4.78, 5) is 21.5. The van der Waals surface area contributed by atoms with E-state index in [4.69, 9.17) is 4.74 Å². The van der Waals surface area contributed by atoms with Gasteiger partial charge in [-0.15, -0.1) is 0 Å². The molecule has 0 rings (SSSR count). The molecule has 0 saturated carbocycles. The van der Waals surface area contributed by atoms with Gasteiger partial charge in [0.05, 0.1) is 11.9 Å². The summed E-state index contributed by atoms with van der Waals surface area (Å²) < 4.78 is 4.86. The molecule has 1 unspecified atom stereocenters. The van der Waals surface area contributed by atoms with Gasteiger partial charge in [-0.25, -0.2) is 0 Å². The third-order valence-electron chi connectivity index (χ3n) is 1.31. The molecule has 0 aromatic heterocycles. The standard InChI is InChI=1S/C7H12BrNO3/c1-5(10)9-4-7(12-2)6(11)3-8/h7H,3-4H2,1-2H3,(H,9,10). The number of carbonyl (C=O) groups is 2. The average molecular weight is 238 g/mol. The first kappa shape index (κ1) is 11.6. The number of ketones is 1. The first-order valence-electron chi connectivity index (χ1n) is 3.47. The molecular formula is C7H12BrNO3. The van der Waals surface area contributed by atoms with Crippen LogP contribution in [-0.2, 0) is 14.3 Å². The Morgan fingerprint density at radius 3 is 2.50 bits per heavy atom. The number of methoxy groups -OCH3 is 1. The number of nitrogens with one attached hydrogen (secondary N) is 1. The van der Waals surface area contributed by atoms with E-state index in [1.54, 1.807) is 0 Å². The van der Waals surface area contributed by atoms with E-state index in [9.17, 15) is 9.59 Å². The van der Waals surface area contributed by atoms with Crippen LogP contribution >= 0.6 is 15.9 Å². The number of ether oxygens (including phenoxy) is 1. The SMILES string of the molecule is COC(CNC(C)=O)C(=O)CBr. The van der Waals surface area contributed by atoms with Gasteiger partial charge in [-0.1, -0.05) is 15.9 Å². The molecule has 0 aromatic rings. The van der Waals surface area contributed by atoms with Crippen LogP contribution in [0.1, 0.15) is 6.92 Å². The van der Waals surface area contributed by atoms with Crippen LogP contribution in [0.2, 0.25) is 0 Å². The molecule has 0 radical (unpaired) electrons. The lowest BCUT2D eigenvalue weighted by Crippen LogP contribution is -2.37. The molecule has 4 nitrogen and oxygen atoms in total. The van der Waals surface area contributed by atoms with Crippen LogP contribution in [0.4, 0.5) is 0 Å². The Hall–Kier alpha value is -0.420. The number of alkyl halides is 1. The van der Waals surface area contributed by atoms with E-state index in [2.05, 4.69) is 21.2 Å². The zero-order valence-electron chi connectivity index (χ0n) is 7.09. The fraction of sp³-hybridized carbons (Fsp3) is 0.714. The van der Waals surface area contributed by atoms with Crippen LogP contribution in [0.25, 0.3) is 0 Å². The zero-order valence-corrected chi connectivity index (χ0v) is 8.68. The number of amides is 1. The molecule has 1 N–H and O–H groups in total.